The first-order valence-electron chi connectivity index (χ1n) is 5.92. The molecule has 0 aliphatic carbocycles. The number of rotatable bonds is 2. The summed E-state index contributed by atoms with van der Waals surface area (Å²) in [7, 11) is 0. The van der Waals surface area contributed by atoms with Crippen molar-refractivity contribution in [3.8, 4) is 0 Å². The first-order valence-corrected chi connectivity index (χ1v) is 5.92. The standard InChI is InChI=1S/C11H14N4O4/c16-3-5-2-15(11(19)9(5)17)6-1-12-8-7(6)13-4-14-10(8)18/h1,4-5,9,11-12,16-17,19H,2-3H2,(H,13,14,18)/t5-,9+,11?/m1/s1. The summed E-state index contributed by atoms with van der Waals surface area (Å²) in [4.78, 5) is 22.4. The Balaban J connectivity index is 2.06. The molecule has 1 fully saturated rings. The van der Waals surface area contributed by atoms with Crippen molar-refractivity contribution in [1.29, 1.82) is 0 Å². The fraction of sp³-hybridized carbons (Fsp3) is 0.455. The molecule has 19 heavy (non-hydrogen) atoms. The van der Waals surface area contributed by atoms with Gasteiger partial charge in [-0.25, -0.2) is 4.98 Å². The Bertz CT molecular complexity index is 651. The number of aromatic amines is 2. The number of aliphatic hydroxyl groups excluding tert-OH is 3. The summed E-state index contributed by atoms with van der Waals surface area (Å²) in [5, 5.41) is 29.0. The van der Waals surface area contributed by atoms with Crippen molar-refractivity contribution in [1.82, 2.24) is 15.0 Å². The van der Waals surface area contributed by atoms with Gasteiger partial charge in [0.2, 0.25) is 0 Å². The Kier molecular flexibility index (Phi) is 2.77. The minimum Gasteiger partial charge on any atom is -0.396 e. The molecule has 3 rings (SSSR count). The third-order valence-electron chi connectivity index (χ3n) is 3.53. The van der Waals surface area contributed by atoms with E-state index >= 15 is 0 Å². The molecule has 0 bridgehead atoms. The van der Waals surface area contributed by atoms with E-state index in [0.717, 1.165) is 0 Å². The van der Waals surface area contributed by atoms with Gasteiger partial charge in [-0.2, -0.15) is 0 Å². The maximum Gasteiger partial charge on any atom is 0.275 e. The Morgan fingerprint density at radius 1 is 1.42 bits per heavy atom. The van der Waals surface area contributed by atoms with E-state index in [9.17, 15) is 15.0 Å². The zero-order valence-corrected chi connectivity index (χ0v) is 9.95. The minimum atomic E-state index is -1.13. The fourth-order valence-corrected chi connectivity index (χ4v) is 2.46. The Morgan fingerprint density at radius 3 is 2.89 bits per heavy atom. The lowest BCUT2D eigenvalue weighted by Gasteiger charge is -2.22. The summed E-state index contributed by atoms with van der Waals surface area (Å²) in [6, 6.07) is 0. The highest BCUT2D eigenvalue weighted by atomic mass is 16.4. The first-order chi connectivity index (χ1) is 9.13. The van der Waals surface area contributed by atoms with E-state index in [0.29, 0.717) is 23.3 Å². The van der Waals surface area contributed by atoms with Gasteiger partial charge < -0.3 is 30.2 Å². The second-order valence-corrected chi connectivity index (χ2v) is 4.63. The van der Waals surface area contributed by atoms with Crippen LogP contribution in [0.25, 0.3) is 11.0 Å². The van der Waals surface area contributed by atoms with Crippen LogP contribution in [0.4, 0.5) is 5.69 Å². The number of H-pyrrole nitrogens is 2. The SMILES string of the molecule is O=c1[nH]cnc2c(N3C[C@H](CO)[C@H](O)C3O)c[nH]c12. The second kappa shape index (κ2) is 4.34. The molecule has 3 heterocycles. The summed E-state index contributed by atoms with van der Waals surface area (Å²) >= 11 is 0. The number of nitrogens with zero attached hydrogens (tertiary/aromatic N) is 2. The molecular weight excluding hydrogens is 252 g/mol. The van der Waals surface area contributed by atoms with Gasteiger partial charge in [0.25, 0.3) is 5.56 Å². The van der Waals surface area contributed by atoms with Crippen LogP contribution in [0, 0.1) is 5.92 Å². The molecule has 2 aromatic rings. The number of hydrogen-bond donors (Lipinski definition) is 5. The predicted octanol–water partition coefficient (Wildman–Crippen LogP) is -1.64. The topological polar surface area (TPSA) is 125 Å². The van der Waals surface area contributed by atoms with E-state index in [-0.39, 0.29) is 12.2 Å². The van der Waals surface area contributed by atoms with Crippen LogP contribution in [-0.4, -0.2) is 55.8 Å². The quantitative estimate of drug-likeness (QED) is 0.444. The smallest absolute Gasteiger partial charge is 0.275 e. The molecule has 8 nitrogen and oxygen atoms in total. The molecule has 1 aliphatic heterocycles. The van der Waals surface area contributed by atoms with Crippen molar-refractivity contribution in [2.24, 2.45) is 5.92 Å². The molecule has 2 aromatic heterocycles. The molecule has 0 aromatic carbocycles. The van der Waals surface area contributed by atoms with Crippen LogP contribution in [0.15, 0.2) is 17.3 Å². The van der Waals surface area contributed by atoms with Gasteiger partial charge in [-0.05, 0) is 0 Å². The van der Waals surface area contributed by atoms with E-state index in [2.05, 4.69) is 15.0 Å². The summed E-state index contributed by atoms with van der Waals surface area (Å²) in [6.07, 6.45) is 0.682. The van der Waals surface area contributed by atoms with Crippen LogP contribution in [0.3, 0.4) is 0 Å². The normalized spacial score (nSPS) is 27.3. The summed E-state index contributed by atoms with van der Waals surface area (Å²) in [5.74, 6) is -0.429. The maximum absolute atomic E-state index is 11.6. The van der Waals surface area contributed by atoms with Crippen LogP contribution in [0.5, 0.6) is 0 Å². The zero-order chi connectivity index (χ0) is 13.6. The molecular formula is C11H14N4O4. The lowest BCUT2D eigenvalue weighted by molar-refractivity contribution is 0.00837. The lowest BCUT2D eigenvalue weighted by atomic mass is 10.1. The van der Waals surface area contributed by atoms with Crippen LogP contribution in [0.2, 0.25) is 0 Å². The van der Waals surface area contributed by atoms with Crippen molar-refractivity contribution in [2.45, 2.75) is 12.3 Å². The third-order valence-corrected chi connectivity index (χ3v) is 3.53. The summed E-state index contributed by atoms with van der Waals surface area (Å²) < 4.78 is 0. The highest BCUT2D eigenvalue weighted by Crippen LogP contribution is 2.31. The molecule has 0 amide bonds. The molecule has 3 atom stereocenters. The molecule has 0 saturated carbocycles. The van der Waals surface area contributed by atoms with E-state index in [1.807, 2.05) is 0 Å². The van der Waals surface area contributed by atoms with Crippen LogP contribution in [0.1, 0.15) is 0 Å². The molecule has 1 saturated heterocycles. The molecule has 1 unspecified atom stereocenters. The highest BCUT2D eigenvalue weighted by Gasteiger charge is 2.40. The van der Waals surface area contributed by atoms with Gasteiger partial charge in [-0.3, -0.25) is 4.79 Å². The number of aliphatic hydroxyl groups is 3. The van der Waals surface area contributed by atoms with Crippen molar-refractivity contribution in [3.05, 3.63) is 22.9 Å². The summed E-state index contributed by atoms with van der Waals surface area (Å²) in [6.45, 7) is 0.0748. The van der Waals surface area contributed by atoms with Gasteiger partial charge in [-0.15, -0.1) is 0 Å². The number of aromatic nitrogens is 3. The van der Waals surface area contributed by atoms with Crippen molar-refractivity contribution in [2.75, 3.05) is 18.1 Å². The number of hydrogen-bond acceptors (Lipinski definition) is 6. The average Bonchev–Trinajstić information content (AvgIpc) is 2.94. The lowest BCUT2D eigenvalue weighted by Crippen LogP contribution is -2.35. The predicted molar refractivity (Wildman–Crippen MR) is 66.6 cm³/mol. The third kappa shape index (κ3) is 1.72. The van der Waals surface area contributed by atoms with Gasteiger partial charge in [0.05, 0.1) is 18.6 Å². The first kappa shape index (κ1) is 12.2. The van der Waals surface area contributed by atoms with E-state index in [1.54, 1.807) is 6.20 Å². The van der Waals surface area contributed by atoms with Gasteiger partial charge in [0, 0.05) is 18.7 Å². The van der Waals surface area contributed by atoms with E-state index in [1.165, 1.54) is 11.2 Å². The summed E-state index contributed by atoms with van der Waals surface area (Å²) in [5.41, 5.74) is 0.966. The average molecular weight is 266 g/mol. The second-order valence-electron chi connectivity index (χ2n) is 4.63. The van der Waals surface area contributed by atoms with Crippen LogP contribution >= 0.6 is 0 Å². The van der Waals surface area contributed by atoms with Crippen LogP contribution in [-0.2, 0) is 0 Å². The van der Waals surface area contributed by atoms with E-state index in [4.69, 9.17) is 5.11 Å². The zero-order valence-electron chi connectivity index (χ0n) is 9.95. The molecule has 5 N–H and O–H groups in total. The molecule has 1 aliphatic rings. The number of nitrogens with one attached hydrogen (secondary N) is 2. The van der Waals surface area contributed by atoms with Crippen molar-refractivity contribution >= 4 is 16.7 Å². The van der Waals surface area contributed by atoms with Gasteiger partial charge in [-0.1, -0.05) is 0 Å². The Hall–Kier alpha value is -1.90. The molecule has 0 spiro atoms. The number of anilines is 1. The fourth-order valence-electron chi connectivity index (χ4n) is 2.46. The largest absolute Gasteiger partial charge is 0.396 e. The van der Waals surface area contributed by atoms with Crippen LogP contribution < -0.4 is 10.5 Å². The Morgan fingerprint density at radius 2 is 2.21 bits per heavy atom. The minimum absolute atomic E-state index is 0.217. The number of fused-ring (bicyclic) bond motifs is 1. The van der Waals surface area contributed by atoms with Gasteiger partial charge in [0.1, 0.15) is 17.1 Å². The molecule has 8 heteroatoms. The highest BCUT2D eigenvalue weighted by molar-refractivity contribution is 5.88. The molecule has 0 radical (unpaired) electrons. The van der Waals surface area contributed by atoms with Crippen molar-refractivity contribution in [3.63, 3.8) is 0 Å². The molecule has 102 valence electrons. The Labute approximate surface area is 107 Å². The van der Waals surface area contributed by atoms with E-state index < -0.39 is 18.2 Å². The van der Waals surface area contributed by atoms with Gasteiger partial charge >= 0.3 is 0 Å². The maximum atomic E-state index is 11.6. The monoisotopic (exact) mass is 266 g/mol. The van der Waals surface area contributed by atoms with Crippen molar-refractivity contribution < 1.29 is 15.3 Å². The van der Waals surface area contributed by atoms with Gasteiger partial charge in [0.15, 0.2) is 6.23 Å².